The van der Waals surface area contributed by atoms with Crippen LogP contribution >= 0.6 is 0 Å². The van der Waals surface area contributed by atoms with E-state index in [2.05, 4.69) is 105 Å². The average Bonchev–Trinajstić information content (AvgIpc) is 3.45. The Morgan fingerprint density at radius 3 is 1.52 bits per heavy atom. The van der Waals surface area contributed by atoms with E-state index in [-0.39, 0.29) is 19.4 Å². The monoisotopic (exact) mass is 1100 g/mol. The van der Waals surface area contributed by atoms with Crippen LogP contribution in [0.2, 0.25) is 0 Å². The summed E-state index contributed by atoms with van der Waals surface area (Å²) in [5, 5.41) is 56.9. The zero-order valence-electron chi connectivity index (χ0n) is 48.9. The van der Waals surface area contributed by atoms with E-state index in [1.165, 1.54) is 38.5 Å². The molecular weight excluding hydrogens is 991 g/mol. The van der Waals surface area contributed by atoms with Gasteiger partial charge in [0.25, 0.3) is 0 Å². The smallest absolute Gasteiger partial charge is 0.306 e. The van der Waals surface area contributed by atoms with Crippen molar-refractivity contribution in [3.63, 3.8) is 0 Å². The highest BCUT2D eigenvalue weighted by Crippen LogP contribution is 2.26. The van der Waals surface area contributed by atoms with Crippen LogP contribution in [0.4, 0.5) is 0 Å². The quantitative estimate of drug-likeness (QED) is 0.0149. The van der Waals surface area contributed by atoms with Gasteiger partial charge in [0, 0.05) is 6.42 Å². The summed E-state index contributed by atoms with van der Waals surface area (Å²) in [5.74, 6) is -1.28. The second-order valence-electron chi connectivity index (χ2n) is 20.1. The van der Waals surface area contributed by atoms with E-state index in [0.717, 1.165) is 109 Å². The molecule has 1 rings (SSSR count). The second-order valence-corrected chi connectivity index (χ2v) is 20.1. The summed E-state index contributed by atoms with van der Waals surface area (Å²) in [6, 6.07) is -1.07. The molecule has 0 aromatic carbocycles. The first-order chi connectivity index (χ1) is 38.7. The van der Waals surface area contributed by atoms with E-state index in [1.54, 1.807) is 6.08 Å². The summed E-state index contributed by atoms with van der Waals surface area (Å²) >= 11 is 0. The van der Waals surface area contributed by atoms with Crippen LogP contribution in [0.15, 0.2) is 158 Å². The Bertz CT molecular complexity index is 1880. The molecule has 0 aliphatic carbocycles. The average molecular weight is 1100 g/mol. The number of unbranched alkanes of at least 4 members (excludes halogenated alkanes) is 15. The lowest BCUT2D eigenvalue weighted by atomic mass is 9.99. The standard InChI is InChI=1S/C68H107NO10/c1-4-7-10-13-16-19-22-24-26-28-29-30-31-32-33-34-36-38-41-44-47-50-53-56-63(73)79-66-65(75)64(74)62(57-70)78-68(66)77-58-59(60(71)54-51-48-45-42-39-21-18-15-12-9-6-3)69-67(76)61(72)55-52-49-46-43-40-37-35-27-25-23-20-17-14-11-8-5-2/h7-8,10-11,14,16-17,19-20,23-27,29-30,32-33,35-38,40,43,51,54,59-62,64-66,68,70-72,74-75H,4-6,9,12-13,15,18,21-22,28,31,34,39,41-42,44-50,52-53,55-58H2,1-3H3,(H,69,76)/b10-7-,11-8-,17-14+,19-16-,23-20+,26-24-,27-25-,30-29-,33-32-,37-35+,38-36-,43-40+,54-51+. The number of rotatable bonds is 48. The van der Waals surface area contributed by atoms with Crippen LogP contribution in [0.25, 0.3) is 0 Å². The van der Waals surface area contributed by atoms with Crippen LogP contribution in [0.3, 0.4) is 0 Å². The predicted molar refractivity (Wildman–Crippen MR) is 328 cm³/mol. The largest absolute Gasteiger partial charge is 0.454 e. The third-order valence-electron chi connectivity index (χ3n) is 13.1. The molecule has 0 bridgehead atoms. The third-order valence-corrected chi connectivity index (χ3v) is 13.1. The number of nitrogens with one attached hydrogen (secondary N) is 1. The minimum atomic E-state index is -1.65. The van der Waals surface area contributed by atoms with Crippen molar-refractivity contribution >= 4 is 11.9 Å². The van der Waals surface area contributed by atoms with Gasteiger partial charge in [0.05, 0.1) is 25.4 Å². The first kappa shape index (κ1) is 72.3. The van der Waals surface area contributed by atoms with Crippen molar-refractivity contribution in [2.75, 3.05) is 13.2 Å². The normalized spacial score (nSPS) is 20.0. The molecule has 1 fully saturated rings. The molecule has 8 atom stereocenters. The van der Waals surface area contributed by atoms with Gasteiger partial charge in [-0.15, -0.1) is 0 Å². The number of allylic oxidation sites excluding steroid dienone is 25. The number of esters is 1. The van der Waals surface area contributed by atoms with Crippen molar-refractivity contribution in [3.05, 3.63) is 158 Å². The van der Waals surface area contributed by atoms with E-state index in [9.17, 15) is 35.1 Å². The van der Waals surface area contributed by atoms with Gasteiger partial charge in [-0.3, -0.25) is 9.59 Å². The van der Waals surface area contributed by atoms with Gasteiger partial charge in [-0.05, 0) is 96.3 Å². The minimum absolute atomic E-state index is 0.0770. The predicted octanol–water partition coefficient (Wildman–Crippen LogP) is 14.4. The van der Waals surface area contributed by atoms with Gasteiger partial charge in [0.2, 0.25) is 5.91 Å². The number of aliphatic hydroxyl groups excluding tert-OH is 5. The lowest BCUT2D eigenvalue weighted by Gasteiger charge is -2.41. The van der Waals surface area contributed by atoms with Gasteiger partial charge in [-0.1, -0.05) is 249 Å². The van der Waals surface area contributed by atoms with Crippen molar-refractivity contribution in [2.45, 2.75) is 243 Å². The van der Waals surface area contributed by atoms with E-state index in [1.807, 2.05) is 72.9 Å². The lowest BCUT2D eigenvalue weighted by molar-refractivity contribution is -0.305. The third kappa shape index (κ3) is 41.9. The Kier molecular flexibility index (Phi) is 49.3. The van der Waals surface area contributed by atoms with Crippen LogP contribution in [-0.2, 0) is 23.8 Å². The molecular formula is C68H107NO10. The summed E-state index contributed by atoms with van der Waals surface area (Å²) in [6.45, 7) is 5.45. The summed E-state index contributed by atoms with van der Waals surface area (Å²) < 4.78 is 17.6. The van der Waals surface area contributed by atoms with Crippen molar-refractivity contribution < 1.29 is 49.3 Å². The molecule has 0 radical (unpaired) electrons. The highest BCUT2D eigenvalue weighted by atomic mass is 16.7. The molecule has 0 aromatic heterocycles. The van der Waals surface area contributed by atoms with Crippen molar-refractivity contribution in [2.24, 2.45) is 0 Å². The fourth-order valence-corrected chi connectivity index (χ4v) is 8.33. The van der Waals surface area contributed by atoms with E-state index in [4.69, 9.17) is 14.2 Å². The zero-order valence-corrected chi connectivity index (χ0v) is 48.9. The van der Waals surface area contributed by atoms with Crippen LogP contribution in [-0.4, -0.2) is 99.6 Å². The van der Waals surface area contributed by atoms with Gasteiger partial charge in [-0.25, -0.2) is 0 Å². The molecule has 11 nitrogen and oxygen atoms in total. The molecule has 0 spiro atoms. The molecule has 0 saturated carbocycles. The number of aliphatic hydroxyl groups is 5. The molecule has 1 aliphatic heterocycles. The fourth-order valence-electron chi connectivity index (χ4n) is 8.33. The number of ether oxygens (including phenoxy) is 3. The molecule has 79 heavy (non-hydrogen) atoms. The van der Waals surface area contributed by atoms with Crippen LogP contribution < -0.4 is 5.32 Å². The minimum Gasteiger partial charge on any atom is -0.454 e. The molecule has 0 aromatic rings. The van der Waals surface area contributed by atoms with Crippen molar-refractivity contribution in [1.29, 1.82) is 0 Å². The van der Waals surface area contributed by atoms with Gasteiger partial charge in [-0.2, -0.15) is 0 Å². The summed E-state index contributed by atoms with van der Waals surface area (Å²) in [4.78, 5) is 26.5. The Balaban J connectivity index is 2.72. The van der Waals surface area contributed by atoms with E-state index >= 15 is 0 Å². The highest BCUT2D eigenvalue weighted by Gasteiger charge is 2.47. The Labute approximate surface area is 478 Å². The van der Waals surface area contributed by atoms with E-state index < -0.39 is 67.4 Å². The summed E-state index contributed by atoms with van der Waals surface area (Å²) in [7, 11) is 0. The first-order valence-corrected chi connectivity index (χ1v) is 30.3. The number of hydrogen-bond donors (Lipinski definition) is 6. The van der Waals surface area contributed by atoms with Gasteiger partial charge in [0.15, 0.2) is 12.4 Å². The fraction of sp³-hybridized carbons (Fsp3) is 0.588. The molecule has 1 amide bonds. The van der Waals surface area contributed by atoms with Gasteiger partial charge >= 0.3 is 5.97 Å². The van der Waals surface area contributed by atoms with Crippen LogP contribution in [0.1, 0.15) is 194 Å². The van der Waals surface area contributed by atoms with E-state index in [0.29, 0.717) is 12.8 Å². The molecule has 8 unspecified atom stereocenters. The van der Waals surface area contributed by atoms with Crippen LogP contribution in [0, 0.1) is 0 Å². The highest BCUT2D eigenvalue weighted by molar-refractivity contribution is 5.80. The Morgan fingerprint density at radius 1 is 0.519 bits per heavy atom. The summed E-state index contributed by atoms with van der Waals surface area (Å²) in [6.07, 6.45) is 68.5. The van der Waals surface area contributed by atoms with Crippen molar-refractivity contribution in [1.82, 2.24) is 5.32 Å². The molecule has 6 N–H and O–H groups in total. The lowest BCUT2D eigenvalue weighted by Crippen LogP contribution is -2.61. The Morgan fingerprint density at radius 2 is 0.975 bits per heavy atom. The summed E-state index contributed by atoms with van der Waals surface area (Å²) in [5.41, 5.74) is 0. The molecule has 444 valence electrons. The number of carbonyl (C=O) groups is 2. The van der Waals surface area contributed by atoms with Crippen molar-refractivity contribution in [3.8, 4) is 0 Å². The maximum atomic E-state index is 13.4. The number of amides is 1. The molecule has 1 heterocycles. The number of hydrogen-bond acceptors (Lipinski definition) is 10. The van der Waals surface area contributed by atoms with Crippen LogP contribution in [0.5, 0.6) is 0 Å². The molecule has 1 aliphatic rings. The first-order valence-electron chi connectivity index (χ1n) is 30.3. The Hall–Kier alpha value is -4.72. The SMILES string of the molecule is CC\C=C/C=C/C=C/C=C\C=C\C=C\CCCCC(O)C(=O)NC(COC1OC(CO)C(O)C(O)C1OC(=O)CCCCCC/C=C\C/C=C\C/C=C\C/C=C\C/C=C\C/C=C\CC)C(O)/C=C/CCCCCCCCCCC. The number of carbonyl (C=O) groups excluding carboxylic acids is 2. The molecule has 1 saturated heterocycles. The zero-order chi connectivity index (χ0) is 57.5. The van der Waals surface area contributed by atoms with Gasteiger partial charge in [0.1, 0.15) is 24.4 Å². The maximum Gasteiger partial charge on any atom is 0.306 e. The maximum absolute atomic E-state index is 13.4. The van der Waals surface area contributed by atoms with Gasteiger partial charge < -0.3 is 45.1 Å². The molecule has 11 heteroatoms. The topological polar surface area (TPSA) is 175 Å². The second kappa shape index (κ2) is 53.9.